The fraction of sp³-hybridized carbons (Fsp3) is 0.750. The average Bonchev–Trinajstić information content (AvgIpc) is 2.64. The van der Waals surface area contributed by atoms with E-state index in [1.54, 1.807) is 0 Å². The van der Waals surface area contributed by atoms with Crippen LogP contribution in [-0.2, 0) is 19.0 Å². The minimum absolute atomic E-state index is 0.00241. The van der Waals surface area contributed by atoms with Crippen molar-refractivity contribution in [3.63, 3.8) is 0 Å². The van der Waals surface area contributed by atoms with E-state index in [-0.39, 0.29) is 35.9 Å². The zero-order chi connectivity index (χ0) is 10.9. The highest BCUT2D eigenvalue weighted by molar-refractivity contribution is 5.97. The zero-order valence-corrected chi connectivity index (χ0v) is 9.09. The first-order valence-corrected chi connectivity index (χ1v) is 5.91. The molecule has 0 N–H and O–H groups in total. The molecule has 4 heteroatoms. The Labute approximate surface area is 93.5 Å². The van der Waals surface area contributed by atoms with Gasteiger partial charge in [-0.05, 0) is 6.92 Å². The molecule has 86 valence electrons. The van der Waals surface area contributed by atoms with Gasteiger partial charge in [-0.1, -0.05) is 12.2 Å². The molecule has 1 aliphatic carbocycles. The fourth-order valence-electron chi connectivity index (χ4n) is 3.53. The van der Waals surface area contributed by atoms with Gasteiger partial charge in [0.15, 0.2) is 11.4 Å². The predicted octanol–water partition coefficient (Wildman–Crippen LogP) is 0.313. The van der Waals surface area contributed by atoms with Crippen LogP contribution in [0.5, 0.6) is 0 Å². The monoisotopic (exact) mass is 222 g/mol. The number of epoxide rings is 1. The molecule has 2 bridgehead atoms. The van der Waals surface area contributed by atoms with Crippen molar-refractivity contribution in [2.45, 2.75) is 30.8 Å². The zero-order valence-electron chi connectivity index (χ0n) is 9.09. The van der Waals surface area contributed by atoms with E-state index in [1.807, 2.05) is 13.0 Å². The van der Waals surface area contributed by atoms with Crippen molar-refractivity contribution in [2.24, 2.45) is 11.8 Å². The van der Waals surface area contributed by atoms with Crippen LogP contribution in [0.2, 0.25) is 0 Å². The number of carbonyl (C=O) groups excluding carboxylic acids is 1. The third kappa shape index (κ3) is 0.861. The van der Waals surface area contributed by atoms with Crippen molar-refractivity contribution < 1.29 is 19.0 Å². The minimum atomic E-state index is -0.613. The Morgan fingerprint density at radius 3 is 3.00 bits per heavy atom. The predicted molar refractivity (Wildman–Crippen MR) is 53.9 cm³/mol. The maximum Gasteiger partial charge on any atom is 0.176 e. The summed E-state index contributed by atoms with van der Waals surface area (Å²) in [6.45, 7) is 2.98. The molecule has 3 fully saturated rings. The lowest BCUT2D eigenvalue weighted by Crippen LogP contribution is -2.35. The van der Waals surface area contributed by atoms with E-state index < -0.39 is 5.60 Å². The first-order chi connectivity index (χ1) is 7.78. The topological polar surface area (TPSA) is 48.1 Å². The van der Waals surface area contributed by atoms with Crippen LogP contribution in [0, 0.1) is 11.8 Å². The van der Waals surface area contributed by atoms with Crippen molar-refractivity contribution >= 4 is 5.78 Å². The number of Topliss-reactive ketones (excluding diaryl/α,β-unsaturated/α-hetero) is 1. The van der Waals surface area contributed by atoms with Crippen molar-refractivity contribution in [2.75, 3.05) is 13.2 Å². The summed E-state index contributed by atoms with van der Waals surface area (Å²) in [4.78, 5) is 12.3. The number of hydrogen-bond acceptors (Lipinski definition) is 4. The number of hydrogen-bond donors (Lipinski definition) is 0. The molecule has 16 heavy (non-hydrogen) atoms. The highest BCUT2D eigenvalue weighted by Crippen LogP contribution is 2.60. The summed E-state index contributed by atoms with van der Waals surface area (Å²) in [5.41, 5.74) is -0.613. The molecule has 0 aromatic rings. The Bertz CT molecular complexity index is 390. The molecular formula is C12H14O4. The molecule has 0 aromatic heterocycles. The Morgan fingerprint density at radius 1 is 1.44 bits per heavy atom. The van der Waals surface area contributed by atoms with Gasteiger partial charge in [-0.3, -0.25) is 4.79 Å². The van der Waals surface area contributed by atoms with E-state index in [9.17, 15) is 4.79 Å². The van der Waals surface area contributed by atoms with E-state index in [1.165, 1.54) is 0 Å². The second kappa shape index (κ2) is 2.75. The van der Waals surface area contributed by atoms with Crippen molar-refractivity contribution in [3.05, 3.63) is 12.2 Å². The van der Waals surface area contributed by atoms with Crippen LogP contribution in [0.1, 0.15) is 6.92 Å². The molecular weight excluding hydrogens is 208 g/mol. The molecule has 0 radical (unpaired) electrons. The molecule has 2 saturated heterocycles. The van der Waals surface area contributed by atoms with Gasteiger partial charge in [0.05, 0.1) is 24.7 Å². The van der Waals surface area contributed by atoms with E-state index in [4.69, 9.17) is 14.2 Å². The van der Waals surface area contributed by atoms with Gasteiger partial charge in [-0.25, -0.2) is 0 Å². The summed E-state index contributed by atoms with van der Waals surface area (Å²) in [6, 6.07) is 0. The maximum atomic E-state index is 12.3. The lowest BCUT2D eigenvalue weighted by molar-refractivity contribution is -0.131. The summed E-state index contributed by atoms with van der Waals surface area (Å²) >= 11 is 0. The van der Waals surface area contributed by atoms with E-state index in [0.717, 1.165) is 0 Å². The van der Waals surface area contributed by atoms with Crippen LogP contribution in [0.4, 0.5) is 0 Å². The SMILES string of the molecule is CCOC[C@@]12O[C@@H]1[C@@H]1[C@H](C2=O)[C@H]2C=C[C@@H]1O2. The van der Waals surface area contributed by atoms with Crippen LogP contribution in [0.3, 0.4) is 0 Å². The van der Waals surface area contributed by atoms with Crippen LogP contribution in [-0.4, -0.2) is 42.9 Å². The van der Waals surface area contributed by atoms with Gasteiger partial charge in [-0.15, -0.1) is 0 Å². The van der Waals surface area contributed by atoms with Gasteiger partial charge in [0, 0.05) is 12.5 Å². The smallest absolute Gasteiger partial charge is 0.176 e. The molecule has 4 rings (SSSR count). The van der Waals surface area contributed by atoms with Crippen molar-refractivity contribution in [3.8, 4) is 0 Å². The standard InChI is InChI=1S/C12H14O4/c1-2-14-5-12-10(13)8-6-3-4-7(15-6)9(8)11(12)16-12/h3-4,6-9,11H,2,5H2,1H3/t6-,7+,8-,9+,11-,12+/m1/s1. The second-order valence-electron chi connectivity index (χ2n) is 4.98. The summed E-state index contributed by atoms with van der Waals surface area (Å²) in [5.74, 6) is 0.463. The average molecular weight is 222 g/mol. The maximum absolute atomic E-state index is 12.3. The lowest BCUT2D eigenvalue weighted by atomic mass is 9.84. The first-order valence-electron chi connectivity index (χ1n) is 5.91. The number of carbonyl (C=O) groups is 1. The number of ketones is 1. The lowest BCUT2D eigenvalue weighted by Gasteiger charge is -2.18. The van der Waals surface area contributed by atoms with E-state index in [0.29, 0.717) is 13.2 Å². The summed E-state index contributed by atoms with van der Waals surface area (Å²) in [6.07, 6.45) is 4.21. The Balaban J connectivity index is 1.64. The quantitative estimate of drug-likeness (QED) is 0.509. The third-order valence-corrected chi connectivity index (χ3v) is 4.28. The summed E-state index contributed by atoms with van der Waals surface area (Å²) in [7, 11) is 0. The number of rotatable bonds is 3. The van der Waals surface area contributed by atoms with Crippen LogP contribution < -0.4 is 0 Å². The van der Waals surface area contributed by atoms with Crippen LogP contribution in [0.15, 0.2) is 12.2 Å². The van der Waals surface area contributed by atoms with E-state index in [2.05, 4.69) is 6.08 Å². The highest BCUT2D eigenvalue weighted by Gasteiger charge is 2.78. The van der Waals surface area contributed by atoms with Gasteiger partial charge < -0.3 is 14.2 Å². The largest absolute Gasteiger partial charge is 0.378 e. The third-order valence-electron chi connectivity index (χ3n) is 4.28. The van der Waals surface area contributed by atoms with Gasteiger partial charge in [0.1, 0.15) is 6.10 Å². The Hall–Kier alpha value is -0.710. The molecule has 0 spiro atoms. The minimum Gasteiger partial charge on any atom is -0.378 e. The molecule has 3 heterocycles. The Morgan fingerprint density at radius 2 is 2.25 bits per heavy atom. The molecule has 4 nitrogen and oxygen atoms in total. The van der Waals surface area contributed by atoms with E-state index >= 15 is 0 Å². The second-order valence-corrected chi connectivity index (χ2v) is 4.98. The summed E-state index contributed by atoms with van der Waals surface area (Å²) < 4.78 is 16.7. The molecule has 0 amide bonds. The molecule has 6 atom stereocenters. The summed E-state index contributed by atoms with van der Waals surface area (Å²) in [5, 5.41) is 0. The molecule has 3 aliphatic heterocycles. The number of fused-ring (bicyclic) bond motifs is 7. The van der Waals surface area contributed by atoms with Gasteiger partial charge in [0.2, 0.25) is 0 Å². The van der Waals surface area contributed by atoms with Crippen molar-refractivity contribution in [1.29, 1.82) is 0 Å². The van der Waals surface area contributed by atoms with Crippen molar-refractivity contribution in [1.82, 2.24) is 0 Å². The van der Waals surface area contributed by atoms with Crippen LogP contribution >= 0.6 is 0 Å². The molecule has 0 aromatic carbocycles. The van der Waals surface area contributed by atoms with Gasteiger partial charge in [0.25, 0.3) is 0 Å². The first kappa shape index (κ1) is 9.33. The normalized spacial score (nSPS) is 55.6. The number of ether oxygens (including phenoxy) is 3. The van der Waals surface area contributed by atoms with Crippen LogP contribution in [0.25, 0.3) is 0 Å². The molecule has 1 saturated carbocycles. The van der Waals surface area contributed by atoms with Gasteiger partial charge in [-0.2, -0.15) is 0 Å². The highest BCUT2D eigenvalue weighted by atomic mass is 16.6. The fourth-order valence-corrected chi connectivity index (χ4v) is 3.53. The molecule has 4 aliphatic rings. The molecule has 0 unspecified atom stereocenters. The Kier molecular flexibility index (Phi) is 1.60. The van der Waals surface area contributed by atoms with Gasteiger partial charge >= 0.3 is 0 Å².